The van der Waals surface area contributed by atoms with Gasteiger partial charge in [-0.05, 0) is 12.1 Å². The Labute approximate surface area is 82.3 Å². The summed E-state index contributed by atoms with van der Waals surface area (Å²) >= 11 is 0. The van der Waals surface area contributed by atoms with Crippen LogP contribution >= 0.6 is 0 Å². The van der Waals surface area contributed by atoms with Crippen molar-refractivity contribution in [2.24, 2.45) is 0 Å². The van der Waals surface area contributed by atoms with Crippen molar-refractivity contribution in [2.75, 3.05) is 24.6 Å². The van der Waals surface area contributed by atoms with Crippen LogP contribution in [0.5, 0.6) is 0 Å². The molecule has 14 heavy (non-hydrogen) atoms. The van der Waals surface area contributed by atoms with Gasteiger partial charge in [-0.1, -0.05) is 18.2 Å². The van der Waals surface area contributed by atoms with Gasteiger partial charge in [0.15, 0.2) is 6.54 Å². The number of morpholine rings is 1. The lowest BCUT2D eigenvalue weighted by atomic mass is 10.2. The van der Waals surface area contributed by atoms with Gasteiger partial charge in [0.2, 0.25) is 0 Å². The summed E-state index contributed by atoms with van der Waals surface area (Å²) in [6.07, 6.45) is 0. The van der Waals surface area contributed by atoms with Crippen molar-refractivity contribution in [1.82, 2.24) is 0 Å². The molecule has 0 aliphatic carbocycles. The first-order valence-corrected chi connectivity index (χ1v) is 4.54. The first-order chi connectivity index (χ1) is 6.90. The van der Waals surface area contributed by atoms with E-state index in [1.54, 1.807) is 0 Å². The van der Waals surface area contributed by atoms with Gasteiger partial charge >= 0.3 is 5.90 Å². The summed E-state index contributed by atoms with van der Waals surface area (Å²) < 4.78 is 5.14. The molecule has 1 aliphatic heterocycles. The van der Waals surface area contributed by atoms with E-state index in [0.717, 1.165) is 12.2 Å². The average Bonchev–Trinajstić information content (AvgIpc) is 2.30. The van der Waals surface area contributed by atoms with Gasteiger partial charge < -0.3 is 15.2 Å². The van der Waals surface area contributed by atoms with E-state index in [0.29, 0.717) is 19.0 Å². The zero-order chi connectivity index (χ0) is 9.80. The Morgan fingerprint density at radius 1 is 1.29 bits per heavy atom. The maximum absolute atomic E-state index is 8.59. The molecule has 4 heteroatoms. The fourth-order valence-electron chi connectivity index (χ4n) is 1.48. The molecule has 0 unspecified atom stereocenters. The van der Waals surface area contributed by atoms with Gasteiger partial charge in [-0.25, -0.2) is 0 Å². The summed E-state index contributed by atoms with van der Waals surface area (Å²) in [5.41, 5.74) is 9.71. The number of nitrogens with zero attached hydrogens (tertiary/aromatic N) is 3. The van der Waals surface area contributed by atoms with Crippen LogP contribution in [0, 0.1) is 0 Å². The summed E-state index contributed by atoms with van der Waals surface area (Å²) in [6, 6.07) is 10.0. The Bertz CT molecular complexity index is 357. The third-order valence-electron chi connectivity index (χ3n) is 2.19. The second-order valence-electron chi connectivity index (χ2n) is 3.10. The predicted octanol–water partition coefficient (Wildman–Crippen LogP) is 1.15. The molecule has 1 heterocycles. The van der Waals surface area contributed by atoms with Crippen LogP contribution in [0.3, 0.4) is 0 Å². The molecule has 0 amide bonds. The summed E-state index contributed by atoms with van der Waals surface area (Å²) in [5.74, 6) is 0.375. The van der Waals surface area contributed by atoms with Crippen LogP contribution in [0.2, 0.25) is 0 Å². The standard InChI is InChI=1S/C10H11N3O/c11-12-10-8-13(6-7-14-10)9-4-2-1-3-5-9/h1-5H,6-8H2. The van der Waals surface area contributed by atoms with E-state index in [2.05, 4.69) is 9.69 Å². The third-order valence-corrected chi connectivity index (χ3v) is 2.19. The molecule has 4 nitrogen and oxygen atoms in total. The van der Waals surface area contributed by atoms with Crippen molar-refractivity contribution >= 4 is 11.6 Å². The average molecular weight is 189 g/mol. The molecule has 0 atom stereocenters. The van der Waals surface area contributed by atoms with Crippen LogP contribution in [0.15, 0.2) is 30.3 Å². The van der Waals surface area contributed by atoms with Gasteiger partial charge in [0.25, 0.3) is 0 Å². The summed E-state index contributed by atoms with van der Waals surface area (Å²) in [7, 11) is 0. The SMILES string of the molecule is [N-]=[N+]=C1CN(c2ccccc2)CCO1. The molecule has 72 valence electrons. The minimum Gasteiger partial charge on any atom is -0.433 e. The molecule has 0 radical (unpaired) electrons. The molecule has 0 spiro atoms. The topological polar surface area (TPSA) is 48.9 Å². The van der Waals surface area contributed by atoms with E-state index >= 15 is 0 Å². The molecule has 1 saturated heterocycles. The number of benzene rings is 1. The van der Waals surface area contributed by atoms with Crippen LogP contribution in [0.1, 0.15) is 0 Å². The summed E-state index contributed by atoms with van der Waals surface area (Å²) in [5, 5.41) is 0. The molecule has 0 saturated carbocycles. The van der Waals surface area contributed by atoms with E-state index in [-0.39, 0.29) is 0 Å². The van der Waals surface area contributed by atoms with Gasteiger partial charge in [0, 0.05) is 5.69 Å². The van der Waals surface area contributed by atoms with Gasteiger partial charge in [-0.2, -0.15) is 0 Å². The molecular weight excluding hydrogens is 178 g/mol. The van der Waals surface area contributed by atoms with Crippen LogP contribution in [0.4, 0.5) is 5.69 Å². The van der Waals surface area contributed by atoms with Crippen LogP contribution < -0.4 is 4.90 Å². The molecule has 1 fully saturated rings. The fraction of sp³-hybridized carbons (Fsp3) is 0.300. The largest absolute Gasteiger partial charge is 0.469 e. The lowest BCUT2D eigenvalue weighted by Crippen LogP contribution is -2.40. The fourth-order valence-corrected chi connectivity index (χ4v) is 1.48. The van der Waals surface area contributed by atoms with Gasteiger partial charge in [0.05, 0.1) is 6.54 Å². The summed E-state index contributed by atoms with van der Waals surface area (Å²) in [4.78, 5) is 5.19. The highest BCUT2D eigenvalue weighted by atomic mass is 16.5. The maximum Gasteiger partial charge on any atom is 0.469 e. The molecule has 0 bridgehead atoms. The lowest BCUT2D eigenvalue weighted by Gasteiger charge is -2.25. The highest BCUT2D eigenvalue weighted by Crippen LogP contribution is 2.14. The zero-order valence-corrected chi connectivity index (χ0v) is 7.76. The highest BCUT2D eigenvalue weighted by Gasteiger charge is 2.22. The van der Waals surface area contributed by atoms with E-state index in [1.165, 1.54) is 0 Å². The van der Waals surface area contributed by atoms with E-state index < -0.39 is 0 Å². The third kappa shape index (κ3) is 1.75. The number of ether oxygens (including phenoxy) is 1. The Morgan fingerprint density at radius 2 is 2.07 bits per heavy atom. The van der Waals surface area contributed by atoms with Gasteiger partial charge in [-0.3, -0.25) is 0 Å². The number of hydrogen-bond acceptors (Lipinski definition) is 2. The molecule has 1 aromatic carbocycles. The minimum absolute atomic E-state index is 0.375. The Kier molecular flexibility index (Phi) is 2.47. The lowest BCUT2D eigenvalue weighted by molar-refractivity contribution is -0.0454. The Hall–Kier alpha value is -1.80. The second kappa shape index (κ2) is 3.94. The Balaban J connectivity index is 2.16. The first kappa shape index (κ1) is 8.78. The number of hydrogen-bond donors (Lipinski definition) is 0. The smallest absolute Gasteiger partial charge is 0.433 e. The Morgan fingerprint density at radius 3 is 2.79 bits per heavy atom. The maximum atomic E-state index is 8.59. The van der Waals surface area contributed by atoms with Gasteiger partial charge in [0.1, 0.15) is 6.61 Å². The van der Waals surface area contributed by atoms with Crippen molar-refractivity contribution in [1.29, 1.82) is 0 Å². The number of rotatable bonds is 1. The highest BCUT2D eigenvalue weighted by molar-refractivity contribution is 5.77. The quantitative estimate of drug-likeness (QED) is 0.491. The van der Waals surface area contributed by atoms with Crippen molar-refractivity contribution < 1.29 is 9.53 Å². The normalized spacial score (nSPS) is 16.0. The summed E-state index contributed by atoms with van der Waals surface area (Å²) in [6.45, 7) is 1.91. The van der Waals surface area contributed by atoms with E-state index in [4.69, 9.17) is 10.3 Å². The minimum atomic E-state index is 0.375. The number of anilines is 1. The number of para-hydroxylation sites is 1. The van der Waals surface area contributed by atoms with Crippen molar-refractivity contribution in [3.05, 3.63) is 35.9 Å². The van der Waals surface area contributed by atoms with Crippen LogP contribution in [0.25, 0.3) is 5.53 Å². The predicted molar refractivity (Wildman–Crippen MR) is 53.2 cm³/mol. The van der Waals surface area contributed by atoms with Crippen molar-refractivity contribution in [2.45, 2.75) is 0 Å². The molecule has 1 aromatic rings. The first-order valence-electron chi connectivity index (χ1n) is 4.54. The molecule has 0 N–H and O–H groups in total. The second-order valence-corrected chi connectivity index (χ2v) is 3.10. The van der Waals surface area contributed by atoms with Crippen molar-refractivity contribution in [3.8, 4) is 0 Å². The zero-order valence-electron chi connectivity index (χ0n) is 7.76. The van der Waals surface area contributed by atoms with Gasteiger partial charge in [-0.15, -0.1) is 4.79 Å². The molecule has 1 aliphatic rings. The van der Waals surface area contributed by atoms with Crippen LogP contribution in [-0.4, -0.2) is 30.4 Å². The van der Waals surface area contributed by atoms with Crippen LogP contribution in [-0.2, 0) is 4.74 Å². The van der Waals surface area contributed by atoms with E-state index in [9.17, 15) is 0 Å². The van der Waals surface area contributed by atoms with E-state index in [1.807, 2.05) is 30.3 Å². The van der Waals surface area contributed by atoms with Crippen molar-refractivity contribution in [3.63, 3.8) is 0 Å². The molecule has 2 rings (SSSR count). The molecular formula is C10H11N3O. The molecule has 0 aromatic heterocycles. The monoisotopic (exact) mass is 189 g/mol.